The molecular formula is C19H19N3O. The molecule has 1 fully saturated rings. The van der Waals surface area contributed by atoms with Crippen LogP contribution >= 0.6 is 0 Å². The van der Waals surface area contributed by atoms with E-state index in [0.717, 1.165) is 36.9 Å². The molecular weight excluding hydrogens is 286 g/mol. The molecule has 3 rings (SSSR count). The van der Waals surface area contributed by atoms with Crippen LogP contribution in [0.4, 0.5) is 11.4 Å². The molecule has 1 aromatic carbocycles. The first-order valence-corrected chi connectivity index (χ1v) is 7.85. The number of rotatable bonds is 2. The van der Waals surface area contributed by atoms with Crippen LogP contribution in [-0.2, 0) is 4.79 Å². The van der Waals surface area contributed by atoms with Gasteiger partial charge in [-0.1, -0.05) is 18.8 Å². The lowest BCUT2D eigenvalue weighted by atomic mass is 10.1. The summed E-state index contributed by atoms with van der Waals surface area (Å²) in [5.41, 5.74) is 8.62. The van der Waals surface area contributed by atoms with Crippen molar-refractivity contribution in [1.29, 1.82) is 0 Å². The predicted octanol–water partition coefficient (Wildman–Crippen LogP) is 3.19. The maximum atomic E-state index is 12.2. The highest BCUT2D eigenvalue weighted by Crippen LogP contribution is 2.26. The Balaban J connectivity index is 1.70. The third-order valence-electron chi connectivity index (χ3n) is 4.00. The Kier molecular flexibility index (Phi) is 4.58. The van der Waals surface area contributed by atoms with Crippen LogP contribution in [0.1, 0.15) is 36.9 Å². The number of anilines is 2. The molecule has 3 N–H and O–H groups in total. The molecule has 1 aliphatic rings. The minimum absolute atomic E-state index is 0.103. The molecule has 0 spiro atoms. The SMILES string of the molecule is Nc1ccc(C#Cc2cc(NC(=O)C3CCCC3)ccn2)cc1. The second kappa shape index (κ2) is 6.97. The molecule has 116 valence electrons. The minimum Gasteiger partial charge on any atom is -0.399 e. The van der Waals surface area contributed by atoms with E-state index in [9.17, 15) is 4.79 Å². The largest absolute Gasteiger partial charge is 0.399 e. The number of carbonyl (C=O) groups is 1. The number of hydrogen-bond acceptors (Lipinski definition) is 3. The summed E-state index contributed by atoms with van der Waals surface area (Å²) in [6, 6.07) is 11.0. The van der Waals surface area contributed by atoms with Crippen molar-refractivity contribution in [3.05, 3.63) is 53.9 Å². The van der Waals surface area contributed by atoms with E-state index in [1.165, 1.54) is 0 Å². The van der Waals surface area contributed by atoms with Crippen LogP contribution in [0.3, 0.4) is 0 Å². The zero-order valence-corrected chi connectivity index (χ0v) is 12.9. The van der Waals surface area contributed by atoms with Crippen LogP contribution in [-0.4, -0.2) is 10.9 Å². The molecule has 1 heterocycles. The number of nitrogen functional groups attached to an aromatic ring is 1. The summed E-state index contributed by atoms with van der Waals surface area (Å²) in [5, 5.41) is 2.97. The van der Waals surface area contributed by atoms with Gasteiger partial charge in [-0.3, -0.25) is 4.79 Å². The number of hydrogen-bond donors (Lipinski definition) is 2. The first kappa shape index (κ1) is 15.1. The molecule has 1 saturated carbocycles. The molecule has 0 bridgehead atoms. The number of nitrogens with two attached hydrogens (primary N) is 1. The zero-order chi connectivity index (χ0) is 16.1. The Morgan fingerprint density at radius 3 is 2.61 bits per heavy atom. The van der Waals surface area contributed by atoms with Gasteiger partial charge in [0.1, 0.15) is 5.69 Å². The number of pyridine rings is 1. The third-order valence-corrected chi connectivity index (χ3v) is 4.00. The van der Waals surface area contributed by atoms with Gasteiger partial charge < -0.3 is 11.1 Å². The number of nitrogens with one attached hydrogen (secondary N) is 1. The summed E-state index contributed by atoms with van der Waals surface area (Å²) in [6.07, 6.45) is 5.93. The van der Waals surface area contributed by atoms with Gasteiger partial charge in [-0.15, -0.1) is 0 Å². The van der Waals surface area contributed by atoms with E-state index in [4.69, 9.17) is 5.73 Å². The summed E-state index contributed by atoms with van der Waals surface area (Å²) in [7, 11) is 0. The number of benzene rings is 1. The minimum atomic E-state index is 0.103. The molecule has 0 aliphatic heterocycles. The van der Waals surface area contributed by atoms with E-state index >= 15 is 0 Å². The van der Waals surface area contributed by atoms with Crippen molar-refractivity contribution in [2.75, 3.05) is 11.1 Å². The number of aromatic nitrogens is 1. The summed E-state index contributed by atoms with van der Waals surface area (Å²) < 4.78 is 0. The van der Waals surface area contributed by atoms with E-state index < -0.39 is 0 Å². The summed E-state index contributed by atoms with van der Waals surface area (Å²) >= 11 is 0. The average molecular weight is 305 g/mol. The number of amides is 1. The van der Waals surface area contributed by atoms with Gasteiger partial charge in [0.25, 0.3) is 0 Å². The first-order valence-electron chi connectivity index (χ1n) is 7.85. The van der Waals surface area contributed by atoms with Gasteiger partial charge in [-0.2, -0.15) is 0 Å². The summed E-state index contributed by atoms with van der Waals surface area (Å²) in [5.74, 6) is 6.30. The fourth-order valence-electron chi connectivity index (χ4n) is 2.71. The highest BCUT2D eigenvalue weighted by Gasteiger charge is 2.22. The van der Waals surface area contributed by atoms with E-state index in [2.05, 4.69) is 22.1 Å². The molecule has 4 heteroatoms. The van der Waals surface area contributed by atoms with Crippen molar-refractivity contribution in [2.45, 2.75) is 25.7 Å². The van der Waals surface area contributed by atoms with Crippen LogP contribution in [0.25, 0.3) is 0 Å². The first-order chi connectivity index (χ1) is 11.2. The molecule has 2 aromatic rings. The lowest BCUT2D eigenvalue weighted by Crippen LogP contribution is -2.20. The average Bonchev–Trinajstić information content (AvgIpc) is 3.09. The van der Waals surface area contributed by atoms with Gasteiger partial charge >= 0.3 is 0 Å². The van der Waals surface area contributed by atoms with Gasteiger partial charge in [-0.25, -0.2) is 4.98 Å². The molecule has 0 radical (unpaired) electrons. The fourth-order valence-corrected chi connectivity index (χ4v) is 2.71. The quantitative estimate of drug-likeness (QED) is 0.661. The molecule has 0 saturated heterocycles. The van der Waals surface area contributed by atoms with Crippen LogP contribution < -0.4 is 11.1 Å². The van der Waals surface area contributed by atoms with Crippen molar-refractivity contribution in [3.63, 3.8) is 0 Å². The van der Waals surface area contributed by atoms with Crippen LogP contribution in [0, 0.1) is 17.8 Å². The smallest absolute Gasteiger partial charge is 0.227 e. The normalized spacial score (nSPS) is 14.1. The third kappa shape index (κ3) is 4.10. The Morgan fingerprint density at radius 2 is 1.87 bits per heavy atom. The van der Waals surface area contributed by atoms with Crippen molar-refractivity contribution in [1.82, 2.24) is 4.98 Å². The van der Waals surface area contributed by atoms with E-state index in [1.807, 2.05) is 24.3 Å². The lowest BCUT2D eigenvalue weighted by Gasteiger charge is -2.10. The molecule has 0 unspecified atom stereocenters. The van der Waals surface area contributed by atoms with Crippen molar-refractivity contribution in [3.8, 4) is 11.8 Å². The summed E-state index contributed by atoms with van der Waals surface area (Å²) in [6.45, 7) is 0. The Bertz CT molecular complexity index is 750. The number of carbonyl (C=O) groups excluding carboxylic acids is 1. The van der Waals surface area contributed by atoms with E-state index in [-0.39, 0.29) is 11.8 Å². The van der Waals surface area contributed by atoms with E-state index in [1.54, 1.807) is 18.3 Å². The highest BCUT2D eigenvalue weighted by molar-refractivity contribution is 5.92. The second-order valence-corrected chi connectivity index (χ2v) is 5.77. The standard InChI is InChI=1S/C19H19N3O/c20-16-8-5-14(6-9-16)7-10-17-13-18(11-12-21-17)22-19(23)15-3-1-2-4-15/h5-6,8-9,11-13,15H,1-4,20H2,(H,21,22,23). The highest BCUT2D eigenvalue weighted by atomic mass is 16.1. The Labute approximate surface area is 136 Å². The summed E-state index contributed by atoms with van der Waals surface area (Å²) in [4.78, 5) is 16.4. The fraction of sp³-hybridized carbons (Fsp3) is 0.263. The topological polar surface area (TPSA) is 68.0 Å². The van der Waals surface area contributed by atoms with Gasteiger partial charge in [-0.05, 0) is 55.2 Å². The second-order valence-electron chi connectivity index (χ2n) is 5.77. The Hall–Kier alpha value is -2.80. The molecule has 0 atom stereocenters. The predicted molar refractivity (Wildman–Crippen MR) is 91.7 cm³/mol. The molecule has 4 nitrogen and oxygen atoms in total. The molecule has 23 heavy (non-hydrogen) atoms. The van der Waals surface area contributed by atoms with Gasteiger partial charge in [0, 0.05) is 29.1 Å². The van der Waals surface area contributed by atoms with Gasteiger partial charge in [0.2, 0.25) is 5.91 Å². The van der Waals surface area contributed by atoms with Crippen LogP contribution in [0.5, 0.6) is 0 Å². The van der Waals surface area contributed by atoms with Crippen LogP contribution in [0.15, 0.2) is 42.6 Å². The molecule has 1 amide bonds. The van der Waals surface area contributed by atoms with Crippen molar-refractivity contribution < 1.29 is 4.79 Å². The maximum Gasteiger partial charge on any atom is 0.227 e. The van der Waals surface area contributed by atoms with Crippen LogP contribution in [0.2, 0.25) is 0 Å². The lowest BCUT2D eigenvalue weighted by molar-refractivity contribution is -0.119. The monoisotopic (exact) mass is 305 g/mol. The number of nitrogens with zero attached hydrogens (tertiary/aromatic N) is 1. The van der Waals surface area contributed by atoms with Gasteiger partial charge in [0.15, 0.2) is 0 Å². The molecule has 1 aliphatic carbocycles. The van der Waals surface area contributed by atoms with E-state index in [0.29, 0.717) is 11.4 Å². The van der Waals surface area contributed by atoms with Crippen molar-refractivity contribution >= 4 is 17.3 Å². The van der Waals surface area contributed by atoms with Crippen molar-refractivity contribution in [2.24, 2.45) is 5.92 Å². The molecule has 1 aromatic heterocycles. The zero-order valence-electron chi connectivity index (χ0n) is 12.9. The maximum absolute atomic E-state index is 12.2. The Morgan fingerprint density at radius 1 is 1.13 bits per heavy atom. The van der Waals surface area contributed by atoms with Gasteiger partial charge in [0.05, 0.1) is 0 Å².